The first-order valence-electron chi connectivity index (χ1n) is 6.57. The van der Waals surface area contributed by atoms with Gasteiger partial charge in [-0.25, -0.2) is 0 Å². The van der Waals surface area contributed by atoms with Gasteiger partial charge in [-0.1, -0.05) is 26.2 Å². The molecule has 0 aromatic carbocycles. The maximum absolute atomic E-state index is 12.0. The minimum absolute atomic E-state index is 0.00810. The van der Waals surface area contributed by atoms with Gasteiger partial charge in [-0.05, 0) is 39.0 Å². The summed E-state index contributed by atoms with van der Waals surface area (Å²) in [4.78, 5) is 12.0. The topological polar surface area (TPSA) is 55.1 Å². The van der Waals surface area contributed by atoms with Gasteiger partial charge >= 0.3 is 0 Å². The van der Waals surface area contributed by atoms with Crippen LogP contribution < -0.4 is 11.1 Å². The quantitative estimate of drug-likeness (QED) is 0.755. The van der Waals surface area contributed by atoms with Gasteiger partial charge in [0.1, 0.15) is 0 Å². The molecule has 1 amide bonds. The highest BCUT2D eigenvalue weighted by molar-refractivity contribution is 5.85. The average Bonchev–Trinajstić information content (AvgIpc) is 2.70. The summed E-state index contributed by atoms with van der Waals surface area (Å²) in [5.41, 5.74) is 5.30. The molecule has 0 heterocycles. The van der Waals surface area contributed by atoms with Crippen LogP contribution in [0.1, 0.15) is 59.3 Å². The lowest BCUT2D eigenvalue weighted by Gasteiger charge is -2.28. The molecule has 0 aliphatic heterocycles. The molecule has 2 atom stereocenters. The molecule has 0 aromatic rings. The van der Waals surface area contributed by atoms with Crippen molar-refractivity contribution in [3.05, 3.63) is 0 Å². The summed E-state index contributed by atoms with van der Waals surface area (Å²) in [6.45, 7) is 5.99. The Morgan fingerprint density at radius 2 is 2.06 bits per heavy atom. The van der Waals surface area contributed by atoms with E-state index in [1.165, 1.54) is 25.7 Å². The van der Waals surface area contributed by atoms with Crippen LogP contribution in [0.2, 0.25) is 0 Å². The fourth-order valence-corrected chi connectivity index (χ4v) is 2.58. The Bertz CT molecular complexity index is 232. The molecule has 1 aliphatic rings. The van der Waals surface area contributed by atoms with E-state index in [0.717, 1.165) is 12.8 Å². The average molecular weight is 226 g/mol. The molecule has 1 saturated carbocycles. The Morgan fingerprint density at radius 1 is 1.50 bits per heavy atom. The summed E-state index contributed by atoms with van der Waals surface area (Å²) in [5.74, 6) is 0.662. The van der Waals surface area contributed by atoms with Gasteiger partial charge in [0.25, 0.3) is 0 Å². The second-order valence-electron chi connectivity index (χ2n) is 5.47. The smallest absolute Gasteiger partial charge is 0.240 e. The lowest BCUT2D eigenvalue weighted by molar-refractivity contribution is -0.127. The minimum atomic E-state index is -0.707. The van der Waals surface area contributed by atoms with Crippen molar-refractivity contribution in [2.45, 2.75) is 70.9 Å². The van der Waals surface area contributed by atoms with Crippen LogP contribution in [0.5, 0.6) is 0 Å². The third-order valence-corrected chi connectivity index (χ3v) is 3.75. The third-order valence-electron chi connectivity index (χ3n) is 3.75. The van der Waals surface area contributed by atoms with Crippen molar-refractivity contribution in [3.63, 3.8) is 0 Å². The fraction of sp³-hybridized carbons (Fsp3) is 0.923. The SMILES string of the molecule is CCCC(C)(N)C(=O)N[C@H](C)C1CCCC1. The summed E-state index contributed by atoms with van der Waals surface area (Å²) >= 11 is 0. The van der Waals surface area contributed by atoms with Crippen LogP contribution in [-0.4, -0.2) is 17.5 Å². The Labute approximate surface area is 99.2 Å². The zero-order chi connectivity index (χ0) is 12.2. The zero-order valence-electron chi connectivity index (χ0n) is 10.9. The highest BCUT2D eigenvalue weighted by Gasteiger charge is 2.30. The molecule has 3 heteroatoms. The van der Waals surface area contributed by atoms with E-state index in [2.05, 4.69) is 19.2 Å². The molecule has 3 nitrogen and oxygen atoms in total. The lowest BCUT2D eigenvalue weighted by Crippen LogP contribution is -2.54. The number of rotatable bonds is 5. The number of amides is 1. The van der Waals surface area contributed by atoms with Gasteiger partial charge in [0.2, 0.25) is 5.91 Å². The first-order chi connectivity index (χ1) is 7.47. The van der Waals surface area contributed by atoms with Crippen molar-refractivity contribution < 1.29 is 4.79 Å². The predicted octanol–water partition coefficient (Wildman–Crippen LogP) is 2.20. The molecule has 94 valence electrons. The molecule has 0 spiro atoms. The molecule has 16 heavy (non-hydrogen) atoms. The maximum atomic E-state index is 12.0. The first-order valence-corrected chi connectivity index (χ1v) is 6.57. The Balaban J connectivity index is 2.43. The van der Waals surface area contributed by atoms with Crippen molar-refractivity contribution in [2.24, 2.45) is 11.7 Å². The van der Waals surface area contributed by atoms with Gasteiger partial charge in [0, 0.05) is 6.04 Å². The molecule has 0 saturated heterocycles. The van der Waals surface area contributed by atoms with Crippen molar-refractivity contribution in [2.75, 3.05) is 0 Å². The molecule has 1 aliphatic carbocycles. The van der Waals surface area contributed by atoms with Crippen LogP contribution in [0.15, 0.2) is 0 Å². The van der Waals surface area contributed by atoms with Gasteiger partial charge in [-0.3, -0.25) is 4.79 Å². The van der Waals surface area contributed by atoms with E-state index in [0.29, 0.717) is 5.92 Å². The monoisotopic (exact) mass is 226 g/mol. The molecule has 0 bridgehead atoms. The number of hydrogen-bond donors (Lipinski definition) is 2. The van der Waals surface area contributed by atoms with Gasteiger partial charge in [0.05, 0.1) is 5.54 Å². The summed E-state index contributed by atoms with van der Waals surface area (Å²) in [7, 11) is 0. The second-order valence-corrected chi connectivity index (χ2v) is 5.47. The molecule has 1 rings (SSSR count). The normalized spacial score (nSPS) is 22.8. The zero-order valence-corrected chi connectivity index (χ0v) is 10.9. The Kier molecular flexibility index (Phi) is 4.78. The van der Waals surface area contributed by atoms with Gasteiger partial charge in [-0.15, -0.1) is 0 Å². The van der Waals surface area contributed by atoms with Crippen molar-refractivity contribution in [1.82, 2.24) is 5.32 Å². The number of carbonyl (C=O) groups excluding carboxylic acids is 1. The van der Waals surface area contributed by atoms with Crippen LogP contribution in [0, 0.1) is 5.92 Å². The molecule has 1 fully saturated rings. The van der Waals surface area contributed by atoms with Crippen LogP contribution in [-0.2, 0) is 4.79 Å². The summed E-state index contributed by atoms with van der Waals surface area (Å²) in [6, 6.07) is 0.273. The number of nitrogens with one attached hydrogen (secondary N) is 1. The van der Waals surface area contributed by atoms with Crippen molar-refractivity contribution >= 4 is 5.91 Å². The van der Waals surface area contributed by atoms with E-state index >= 15 is 0 Å². The predicted molar refractivity (Wildman–Crippen MR) is 67.1 cm³/mol. The molecular weight excluding hydrogens is 200 g/mol. The number of carbonyl (C=O) groups is 1. The van der Waals surface area contributed by atoms with Gasteiger partial charge in [-0.2, -0.15) is 0 Å². The molecule has 1 unspecified atom stereocenters. The van der Waals surface area contributed by atoms with E-state index in [-0.39, 0.29) is 11.9 Å². The van der Waals surface area contributed by atoms with E-state index in [9.17, 15) is 4.79 Å². The van der Waals surface area contributed by atoms with Crippen molar-refractivity contribution in [3.8, 4) is 0 Å². The highest BCUT2D eigenvalue weighted by Crippen LogP contribution is 2.27. The summed E-state index contributed by atoms with van der Waals surface area (Å²) < 4.78 is 0. The van der Waals surface area contributed by atoms with Gasteiger partial charge < -0.3 is 11.1 Å². The van der Waals surface area contributed by atoms with Crippen LogP contribution in [0.4, 0.5) is 0 Å². The number of nitrogens with two attached hydrogens (primary N) is 1. The molecule has 3 N–H and O–H groups in total. The maximum Gasteiger partial charge on any atom is 0.240 e. The van der Waals surface area contributed by atoms with Crippen LogP contribution in [0.25, 0.3) is 0 Å². The Morgan fingerprint density at radius 3 is 2.56 bits per heavy atom. The van der Waals surface area contributed by atoms with Crippen LogP contribution >= 0.6 is 0 Å². The molecular formula is C13H26N2O. The highest BCUT2D eigenvalue weighted by atomic mass is 16.2. The standard InChI is InChI=1S/C13H26N2O/c1-4-9-13(3,14)12(16)15-10(2)11-7-5-6-8-11/h10-11H,4-9,14H2,1-3H3,(H,15,16)/t10-,13?/m1/s1. The summed E-state index contributed by atoms with van der Waals surface area (Å²) in [5, 5.41) is 3.08. The van der Waals surface area contributed by atoms with E-state index in [4.69, 9.17) is 5.73 Å². The second kappa shape index (κ2) is 5.67. The van der Waals surface area contributed by atoms with E-state index < -0.39 is 5.54 Å². The first kappa shape index (κ1) is 13.5. The van der Waals surface area contributed by atoms with Gasteiger partial charge in [0.15, 0.2) is 0 Å². The largest absolute Gasteiger partial charge is 0.352 e. The Hall–Kier alpha value is -0.570. The molecule has 0 radical (unpaired) electrons. The number of hydrogen-bond acceptors (Lipinski definition) is 2. The van der Waals surface area contributed by atoms with E-state index in [1.807, 2.05) is 6.92 Å². The van der Waals surface area contributed by atoms with E-state index in [1.54, 1.807) is 0 Å². The third kappa shape index (κ3) is 3.48. The lowest BCUT2D eigenvalue weighted by atomic mass is 9.94. The summed E-state index contributed by atoms with van der Waals surface area (Å²) in [6.07, 6.45) is 6.79. The van der Waals surface area contributed by atoms with Crippen LogP contribution in [0.3, 0.4) is 0 Å². The minimum Gasteiger partial charge on any atom is -0.352 e. The molecule has 0 aromatic heterocycles. The fourth-order valence-electron chi connectivity index (χ4n) is 2.58. The van der Waals surface area contributed by atoms with Crippen molar-refractivity contribution in [1.29, 1.82) is 0 Å².